The fourth-order valence-corrected chi connectivity index (χ4v) is 3.05. The second kappa shape index (κ2) is 10.3. The van der Waals surface area contributed by atoms with Crippen molar-refractivity contribution in [1.82, 2.24) is 5.32 Å². The Hall–Kier alpha value is -2.53. The molecule has 0 spiro atoms. The highest BCUT2D eigenvalue weighted by Gasteiger charge is 2.48. The van der Waals surface area contributed by atoms with Crippen molar-refractivity contribution in [3.8, 4) is 0 Å². The molecule has 160 valence electrons. The monoisotopic (exact) mass is 411 g/mol. The summed E-state index contributed by atoms with van der Waals surface area (Å²) in [5.41, 5.74) is 1.22. The van der Waals surface area contributed by atoms with Gasteiger partial charge in [0.05, 0.1) is 6.04 Å². The lowest BCUT2D eigenvalue weighted by Gasteiger charge is -2.37. The van der Waals surface area contributed by atoms with Gasteiger partial charge in [-0.15, -0.1) is 0 Å². The number of nitrogens with one attached hydrogen (secondary N) is 1. The van der Waals surface area contributed by atoms with E-state index in [4.69, 9.17) is 5.11 Å². The van der Waals surface area contributed by atoms with E-state index in [0.717, 1.165) is 19.8 Å². The van der Waals surface area contributed by atoms with Gasteiger partial charge in [-0.25, -0.2) is 4.79 Å². The van der Waals surface area contributed by atoms with Crippen molar-refractivity contribution < 1.29 is 44.3 Å². The van der Waals surface area contributed by atoms with E-state index >= 15 is 0 Å². The number of ether oxygens (including phenoxy) is 2. The van der Waals surface area contributed by atoms with E-state index in [-0.39, 0.29) is 11.9 Å². The fraction of sp³-hybridized carbons (Fsp3) is 0.526. The van der Waals surface area contributed by atoms with Crippen molar-refractivity contribution in [1.29, 1.82) is 0 Å². The number of carbonyl (C=O) groups is 3. The molecule has 5 N–H and O–H groups in total. The predicted molar refractivity (Wildman–Crippen MR) is 97.3 cm³/mol. The van der Waals surface area contributed by atoms with Gasteiger partial charge in [-0.3, -0.25) is 9.59 Å². The lowest BCUT2D eigenvalue weighted by Crippen LogP contribution is -2.60. The highest BCUT2D eigenvalue weighted by Crippen LogP contribution is 2.23. The van der Waals surface area contributed by atoms with Crippen molar-refractivity contribution in [3.05, 3.63) is 35.9 Å². The molecule has 10 nitrogen and oxygen atoms in total. The van der Waals surface area contributed by atoms with Crippen molar-refractivity contribution >= 4 is 17.8 Å². The van der Waals surface area contributed by atoms with E-state index in [2.05, 4.69) is 26.9 Å². The number of carboxylic acids is 1. The van der Waals surface area contributed by atoms with Crippen molar-refractivity contribution in [2.75, 3.05) is 0 Å². The quantitative estimate of drug-likeness (QED) is 0.411. The molecule has 0 aliphatic carbocycles. The van der Waals surface area contributed by atoms with Crippen LogP contribution in [0.4, 0.5) is 0 Å². The standard InChI is InChI=1S/C11H13NO.C8H12O8/c13-11-8-4-7-10(12-11)9-5-2-1-3-6-9;1-2(9)15-8-5(12)3(10)4(11)6(16-8)7(13)14/h1-3,5-6,10H,4,7-8H2,(H,12,13);3-6,8,10-12H,1H3,(H,13,14). The summed E-state index contributed by atoms with van der Waals surface area (Å²) in [6.45, 7) is 1.03. The summed E-state index contributed by atoms with van der Waals surface area (Å²) in [6.07, 6.45) is -5.88. The van der Waals surface area contributed by atoms with Crippen LogP contribution in [0.1, 0.15) is 37.8 Å². The van der Waals surface area contributed by atoms with Gasteiger partial charge in [0.1, 0.15) is 18.3 Å². The van der Waals surface area contributed by atoms with Crippen LogP contribution in [-0.2, 0) is 23.9 Å². The molecule has 2 heterocycles. The second-order valence-electron chi connectivity index (χ2n) is 6.77. The number of amides is 1. The molecule has 6 atom stereocenters. The SMILES string of the molecule is CC(=O)OC1OC(C(=O)O)C(O)C(O)C1O.O=C1CCCC(c2ccccc2)N1. The zero-order valence-corrected chi connectivity index (χ0v) is 15.8. The molecule has 2 saturated heterocycles. The average Bonchev–Trinajstić information content (AvgIpc) is 2.69. The smallest absolute Gasteiger partial charge is 0.335 e. The average molecular weight is 411 g/mol. The van der Waals surface area contributed by atoms with Crippen LogP contribution in [0.15, 0.2) is 30.3 Å². The third-order valence-corrected chi connectivity index (χ3v) is 4.53. The highest BCUT2D eigenvalue weighted by molar-refractivity contribution is 5.77. The van der Waals surface area contributed by atoms with Gasteiger partial charge in [-0.05, 0) is 18.4 Å². The first-order chi connectivity index (χ1) is 13.7. The number of hydrogen-bond acceptors (Lipinski definition) is 8. The van der Waals surface area contributed by atoms with E-state index < -0.39 is 42.6 Å². The molecule has 0 radical (unpaired) electrons. The lowest BCUT2D eigenvalue weighted by atomic mass is 9.97. The minimum atomic E-state index is -1.79. The molecule has 2 fully saturated rings. The molecule has 2 aliphatic rings. The first-order valence-electron chi connectivity index (χ1n) is 9.14. The van der Waals surface area contributed by atoms with E-state index in [0.29, 0.717) is 6.42 Å². The molecule has 0 aromatic heterocycles. The molecule has 0 saturated carbocycles. The Kier molecular flexibility index (Phi) is 8.09. The molecule has 29 heavy (non-hydrogen) atoms. The summed E-state index contributed by atoms with van der Waals surface area (Å²) in [5.74, 6) is -2.16. The number of piperidine rings is 1. The minimum absolute atomic E-state index is 0.181. The molecule has 10 heteroatoms. The van der Waals surface area contributed by atoms with Crippen LogP contribution in [-0.4, -0.2) is 69.0 Å². The third kappa shape index (κ3) is 6.23. The van der Waals surface area contributed by atoms with Gasteiger partial charge in [0.15, 0.2) is 6.10 Å². The minimum Gasteiger partial charge on any atom is -0.479 e. The number of benzene rings is 1. The number of hydrogen-bond donors (Lipinski definition) is 5. The predicted octanol–water partition coefficient (Wildman–Crippen LogP) is -0.530. The van der Waals surface area contributed by atoms with E-state index in [1.807, 2.05) is 18.2 Å². The summed E-state index contributed by atoms with van der Waals surface area (Å²) >= 11 is 0. The first kappa shape index (κ1) is 22.8. The van der Waals surface area contributed by atoms with Crippen molar-refractivity contribution in [2.45, 2.75) is 62.9 Å². The van der Waals surface area contributed by atoms with Gasteiger partial charge >= 0.3 is 11.9 Å². The topological polar surface area (TPSA) is 163 Å². The Bertz CT molecular complexity index is 709. The zero-order valence-electron chi connectivity index (χ0n) is 15.8. The first-order valence-corrected chi connectivity index (χ1v) is 9.14. The van der Waals surface area contributed by atoms with Gasteiger partial charge in [0.2, 0.25) is 12.2 Å². The van der Waals surface area contributed by atoms with Gasteiger partial charge in [-0.2, -0.15) is 0 Å². The number of aliphatic hydroxyl groups excluding tert-OH is 3. The van der Waals surface area contributed by atoms with Crippen molar-refractivity contribution in [3.63, 3.8) is 0 Å². The Morgan fingerprint density at radius 1 is 1.10 bits per heavy atom. The van der Waals surface area contributed by atoms with Crippen LogP contribution < -0.4 is 5.32 Å². The van der Waals surface area contributed by atoms with Crippen molar-refractivity contribution in [2.24, 2.45) is 0 Å². The number of aliphatic carboxylic acids is 1. The van der Waals surface area contributed by atoms with Gasteiger partial charge in [-0.1, -0.05) is 30.3 Å². The molecule has 1 aromatic carbocycles. The van der Waals surface area contributed by atoms with Crippen LogP contribution >= 0.6 is 0 Å². The third-order valence-electron chi connectivity index (χ3n) is 4.53. The number of rotatable bonds is 3. The molecule has 1 aromatic rings. The zero-order chi connectivity index (χ0) is 21.6. The van der Waals surface area contributed by atoms with Gasteiger partial charge in [0.25, 0.3) is 0 Å². The van der Waals surface area contributed by atoms with Crippen LogP contribution in [0.25, 0.3) is 0 Å². The fourth-order valence-electron chi connectivity index (χ4n) is 3.05. The molecule has 2 aliphatic heterocycles. The molecular weight excluding hydrogens is 386 g/mol. The van der Waals surface area contributed by atoms with Crippen LogP contribution in [0.5, 0.6) is 0 Å². The van der Waals surface area contributed by atoms with Crippen LogP contribution in [0.2, 0.25) is 0 Å². The van der Waals surface area contributed by atoms with E-state index in [9.17, 15) is 29.7 Å². The number of carbonyl (C=O) groups excluding carboxylic acids is 2. The highest BCUT2D eigenvalue weighted by atomic mass is 16.7. The number of aliphatic hydroxyl groups is 3. The summed E-state index contributed by atoms with van der Waals surface area (Å²) in [5, 5.41) is 39.6. The molecular formula is C19H25NO9. The Balaban J connectivity index is 0.000000211. The summed E-state index contributed by atoms with van der Waals surface area (Å²) in [6, 6.07) is 10.4. The van der Waals surface area contributed by atoms with Crippen LogP contribution in [0.3, 0.4) is 0 Å². The normalized spacial score (nSPS) is 31.7. The number of carboxylic acid groups (broad SMARTS) is 1. The van der Waals surface area contributed by atoms with E-state index in [1.165, 1.54) is 5.56 Å². The van der Waals surface area contributed by atoms with Gasteiger partial charge in [0, 0.05) is 13.3 Å². The molecule has 3 rings (SSSR count). The maximum Gasteiger partial charge on any atom is 0.335 e. The molecule has 0 bridgehead atoms. The second-order valence-corrected chi connectivity index (χ2v) is 6.77. The maximum absolute atomic E-state index is 11.1. The van der Waals surface area contributed by atoms with Gasteiger partial charge < -0.3 is 35.2 Å². The summed E-state index contributed by atoms with van der Waals surface area (Å²) < 4.78 is 9.11. The summed E-state index contributed by atoms with van der Waals surface area (Å²) in [7, 11) is 0. The largest absolute Gasteiger partial charge is 0.479 e. The Morgan fingerprint density at radius 3 is 2.31 bits per heavy atom. The number of esters is 1. The van der Waals surface area contributed by atoms with Crippen LogP contribution in [0, 0.1) is 0 Å². The molecule has 1 amide bonds. The van der Waals surface area contributed by atoms with E-state index in [1.54, 1.807) is 0 Å². The Morgan fingerprint density at radius 2 is 1.76 bits per heavy atom. The lowest BCUT2D eigenvalue weighted by molar-refractivity contribution is -0.285. The summed E-state index contributed by atoms with van der Waals surface area (Å²) in [4.78, 5) is 32.4. The Labute approximate surface area is 167 Å². The molecule has 6 unspecified atom stereocenters. The maximum atomic E-state index is 11.1.